The van der Waals surface area contributed by atoms with Gasteiger partial charge in [-0.15, -0.1) is 0 Å². The lowest BCUT2D eigenvalue weighted by molar-refractivity contribution is 0.119. The van der Waals surface area contributed by atoms with Crippen molar-refractivity contribution < 1.29 is 14.2 Å². The second kappa shape index (κ2) is 6.13. The Morgan fingerprint density at radius 3 is 3.00 bits per heavy atom. The van der Waals surface area contributed by atoms with Crippen molar-refractivity contribution in [2.45, 2.75) is 19.4 Å². The molecule has 0 aromatic carbocycles. The first-order valence-electron chi connectivity index (χ1n) is 4.67. The molecule has 0 aromatic rings. The molecule has 1 aliphatic rings. The van der Waals surface area contributed by atoms with E-state index < -0.39 is 0 Å². The third-order valence-electron chi connectivity index (χ3n) is 1.95. The van der Waals surface area contributed by atoms with Crippen molar-refractivity contribution in [1.82, 2.24) is 0 Å². The van der Waals surface area contributed by atoms with Crippen LogP contribution in [-0.4, -0.2) is 39.6 Å². The van der Waals surface area contributed by atoms with Crippen molar-refractivity contribution in [2.24, 2.45) is 0 Å². The van der Waals surface area contributed by atoms with E-state index in [-0.39, 0.29) is 0 Å². The van der Waals surface area contributed by atoms with Crippen LogP contribution in [0, 0.1) is 0 Å². The number of hydrogen-bond donors (Lipinski definition) is 0. The first kappa shape index (κ1) is 10.7. The zero-order chi connectivity index (χ0) is 9.52. The van der Waals surface area contributed by atoms with Crippen LogP contribution in [0.25, 0.3) is 0 Å². The molecule has 3 nitrogen and oxygen atoms in total. The Balaban J connectivity index is 1.90. The van der Waals surface area contributed by atoms with Crippen molar-refractivity contribution in [1.29, 1.82) is 0 Å². The van der Waals surface area contributed by atoms with E-state index in [9.17, 15) is 0 Å². The highest BCUT2D eigenvalue weighted by atomic mass is 16.6. The lowest BCUT2D eigenvalue weighted by Crippen LogP contribution is -2.03. The summed E-state index contributed by atoms with van der Waals surface area (Å²) in [5, 5.41) is 0. The molecule has 1 atom stereocenters. The van der Waals surface area contributed by atoms with Crippen LogP contribution in [0.1, 0.15) is 13.3 Å². The van der Waals surface area contributed by atoms with E-state index in [1.165, 1.54) is 5.57 Å². The Bertz CT molecular complexity index is 162. The molecule has 76 valence electrons. The van der Waals surface area contributed by atoms with Gasteiger partial charge in [0.15, 0.2) is 0 Å². The maximum absolute atomic E-state index is 5.40. The molecule has 1 unspecified atom stereocenters. The predicted octanol–water partition coefficient (Wildman–Crippen LogP) is 1.38. The molecule has 1 rings (SSSR count). The lowest BCUT2D eigenvalue weighted by Gasteiger charge is -2.02. The van der Waals surface area contributed by atoms with E-state index in [4.69, 9.17) is 14.2 Å². The normalized spacial score (nSPS) is 22.0. The lowest BCUT2D eigenvalue weighted by atomic mass is 10.2. The van der Waals surface area contributed by atoms with E-state index in [0.29, 0.717) is 12.7 Å². The summed E-state index contributed by atoms with van der Waals surface area (Å²) in [6, 6.07) is 0. The third kappa shape index (κ3) is 5.80. The van der Waals surface area contributed by atoms with E-state index in [0.717, 1.165) is 26.2 Å². The maximum atomic E-state index is 5.40. The Morgan fingerprint density at radius 2 is 2.38 bits per heavy atom. The molecule has 1 heterocycles. The summed E-state index contributed by atoms with van der Waals surface area (Å²) in [6.45, 7) is 5.19. The van der Waals surface area contributed by atoms with Gasteiger partial charge in [0, 0.05) is 7.11 Å². The largest absolute Gasteiger partial charge is 0.381 e. The summed E-state index contributed by atoms with van der Waals surface area (Å²) in [5.41, 5.74) is 1.32. The molecule has 0 N–H and O–H groups in total. The Labute approximate surface area is 79.7 Å². The van der Waals surface area contributed by atoms with Crippen LogP contribution < -0.4 is 0 Å². The van der Waals surface area contributed by atoms with Crippen LogP contribution in [0.3, 0.4) is 0 Å². The number of epoxide rings is 1. The average Bonchev–Trinajstić information content (AvgIpc) is 2.92. The standard InChI is InChI=1S/C10H18O3/c1-9(3-5-11-2)4-6-12-7-10-8-13-10/h3,10H,4-8H2,1-2H3/b9-3+. The minimum atomic E-state index is 0.378. The number of hydrogen-bond acceptors (Lipinski definition) is 3. The first-order chi connectivity index (χ1) is 6.33. The van der Waals surface area contributed by atoms with Gasteiger partial charge in [0.25, 0.3) is 0 Å². The molecule has 1 fully saturated rings. The van der Waals surface area contributed by atoms with Crippen molar-refractivity contribution in [3.8, 4) is 0 Å². The topological polar surface area (TPSA) is 31.0 Å². The van der Waals surface area contributed by atoms with Gasteiger partial charge >= 0.3 is 0 Å². The molecule has 0 amide bonds. The molecule has 0 aliphatic carbocycles. The fraction of sp³-hybridized carbons (Fsp3) is 0.800. The predicted molar refractivity (Wildman–Crippen MR) is 50.8 cm³/mol. The highest BCUT2D eigenvalue weighted by Gasteiger charge is 2.21. The minimum Gasteiger partial charge on any atom is -0.381 e. The van der Waals surface area contributed by atoms with Gasteiger partial charge in [0.05, 0.1) is 26.4 Å². The highest BCUT2D eigenvalue weighted by molar-refractivity contribution is 4.97. The van der Waals surface area contributed by atoms with Gasteiger partial charge in [-0.25, -0.2) is 0 Å². The molecular weight excluding hydrogens is 168 g/mol. The molecule has 0 saturated carbocycles. The van der Waals surface area contributed by atoms with E-state index >= 15 is 0 Å². The van der Waals surface area contributed by atoms with Crippen LogP contribution in [0.15, 0.2) is 11.6 Å². The first-order valence-corrected chi connectivity index (χ1v) is 4.67. The van der Waals surface area contributed by atoms with Gasteiger partial charge in [-0.3, -0.25) is 0 Å². The van der Waals surface area contributed by atoms with Crippen molar-refractivity contribution >= 4 is 0 Å². The molecule has 3 heteroatoms. The Kier molecular flexibility index (Phi) is 5.05. The van der Waals surface area contributed by atoms with Crippen LogP contribution in [0.5, 0.6) is 0 Å². The second-order valence-corrected chi connectivity index (χ2v) is 3.29. The van der Waals surface area contributed by atoms with Gasteiger partial charge in [-0.05, 0) is 13.3 Å². The molecule has 0 radical (unpaired) electrons. The van der Waals surface area contributed by atoms with Gasteiger partial charge in [-0.1, -0.05) is 11.6 Å². The van der Waals surface area contributed by atoms with Gasteiger partial charge in [0.2, 0.25) is 0 Å². The summed E-state index contributed by atoms with van der Waals surface area (Å²) >= 11 is 0. The average molecular weight is 186 g/mol. The second-order valence-electron chi connectivity index (χ2n) is 3.29. The Morgan fingerprint density at radius 1 is 1.62 bits per heavy atom. The van der Waals surface area contributed by atoms with Crippen molar-refractivity contribution in [2.75, 3.05) is 33.5 Å². The summed E-state index contributed by atoms with van der Waals surface area (Å²) in [5.74, 6) is 0. The van der Waals surface area contributed by atoms with Gasteiger partial charge in [0.1, 0.15) is 6.10 Å². The van der Waals surface area contributed by atoms with Crippen LogP contribution in [0.4, 0.5) is 0 Å². The number of ether oxygens (including phenoxy) is 3. The van der Waals surface area contributed by atoms with Crippen molar-refractivity contribution in [3.05, 3.63) is 11.6 Å². The Hall–Kier alpha value is -0.380. The molecule has 1 aliphatic heterocycles. The van der Waals surface area contributed by atoms with E-state index in [1.807, 2.05) is 0 Å². The molecule has 0 bridgehead atoms. The summed E-state index contributed by atoms with van der Waals surface area (Å²) < 4.78 is 15.4. The van der Waals surface area contributed by atoms with Crippen molar-refractivity contribution in [3.63, 3.8) is 0 Å². The summed E-state index contributed by atoms with van der Waals surface area (Å²) in [4.78, 5) is 0. The number of rotatable bonds is 7. The quantitative estimate of drug-likeness (QED) is 0.342. The molecule has 0 aromatic heterocycles. The summed E-state index contributed by atoms with van der Waals surface area (Å²) in [6.07, 6.45) is 3.44. The SMILES string of the molecule is COC/C=C(\C)CCOCC1CO1. The minimum absolute atomic E-state index is 0.378. The maximum Gasteiger partial charge on any atom is 0.104 e. The third-order valence-corrected chi connectivity index (χ3v) is 1.95. The van der Waals surface area contributed by atoms with Gasteiger partial charge in [-0.2, -0.15) is 0 Å². The zero-order valence-corrected chi connectivity index (χ0v) is 8.41. The van der Waals surface area contributed by atoms with Crippen LogP contribution in [0.2, 0.25) is 0 Å². The smallest absolute Gasteiger partial charge is 0.104 e. The molecular formula is C10H18O3. The molecule has 13 heavy (non-hydrogen) atoms. The van der Waals surface area contributed by atoms with E-state index in [1.54, 1.807) is 7.11 Å². The van der Waals surface area contributed by atoms with Gasteiger partial charge < -0.3 is 14.2 Å². The number of methoxy groups -OCH3 is 1. The fourth-order valence-electron chi connectivity index (χ4n) is 0.940. The van der Waals surface area contributed by atoms with Crippen LogP contribution in [-0.2, 0) is 14.2 Å². The molecule has 0 spiro atoms. The monoisotopic (exact) mass is 186 g/mol. The molecule has 1 saturated heterocycles. The highest BCUT2D eigenvalue weighted by Crippen LogP contribution is 2.09. The zero-order valence-electron chi connectivity index (χ0n) is 8.41. The fourth-order valence-corrected chi connectivity index (χ4v) is 0.940. The summed E-state index contributed by atoms with van der Waals surface area (Å²) in [7, 11) is 1.70. The van der Waals surface area contributed by atoms with E-state index in [2.05, 4.69) is 13.0 Å². The van der Waals surface area contributed by atoms with Crippen LogP contribution >= 0.6 is 0 Å².